The van der Waals surface area contributed by atoms with E-state index in [2.05, 4.69) is 36.1 Å². The molecule has 0 amide bonds. The van der Waals surface area contributed by atoms with Gasteiger partial charge in [0.05, 0.1) is 30.8 Å². The fourth-order valence-electron chi connectivity index (χ4n) is 2.16. The van der Waals surface area contributed by atoms with Crippen LogP contribution < -0.4 is 14.8 Å². The largest absolute Gasteiger partial charge is 0.493 e. The van der Waals surface area contributed by atoms with Crippen molar-refractivity contribution >= 4 is 11.0 Å². The van der Waals surface area contributed by atoms with Gasteiger partial charge in [-0.1, -0.05) is 6.92 Å². The molecule has 2 N–H and O–H groups in total. The first-order valence-electron chi connectivity index (χ1n) is 6.39. The summed E-state index contributed by atoms with van der Waals surface area (Å²) >= 11 is 0. The molecule has 0 spiro atoms. The molecular weight excluding hydrogens is 242 g/mol. The second kappa shape index (κ2) is 5.09. The van der Waals surface area contributed by atoms with Gasteiger partial charge in [0.25, 0.3) is 0 Å². The number of aromatic nitrogens is 2. The fourth-order valence-corrected chi connectivity index (χ4v) is 2.16. The number of fused-ring (bicyclic) bond motifs is 1. The van der Waals surface area contributed by atoms with Crippen molar-refractivity contribution < 1.29 is 9.47 Å². The number of benzene rings is 1. The lowest BCUT2D eigenvalue weighted by atomic mass is 10.1. The number of hydrogen-bond acceptors (Lipinski definition) is 4. The van der Waals surface area contributed by atoms with Crippen LogP contribution in [0.1, 0.15) is 26.6 Å². The molecule has 0 saturated heterocycles. The monoisotopic (exact) mass is 263 g/mol. The van der Waals surface area contributed by atoms with Crippen molar-refractivity contribution in [2.45, 2.75) is 26.3 Å². The van der Waals surface area contributed by atoms with Crippen molar-refractivity contribution in [1.82, 2.24) is 15.3 Å². The molecule has 0 fully saturated rings. The van der Waals surface area contributed by atoms with Gasteiger partial charge in [0.2, 0.25) is 0 Å². The number of nitrogens with zero attached hydrogens (tertiary/aromatic N) is 1. The summed E-state index contributed by atoms with van der Waals surface area (Å²) in [6, 6.07) is 3.79. The number of imidazole rings is 1. The number of nitrogens with one attached hydrogen (secondary N) is 2. The summed E-state index contributed by atoms with van der Waals surface area (Å²) in [7, 11) is 3.25. The molecule has 1 aromatic heterocycles. The Kier molecular flexibility index (Phi) is 3.66. The zero-order chi connectivity index (χ0) is 14.0. The molecule has 5 heteroatoms. The summed E-state index contributed by atoms with van der Waals surface area (Å²) in [5.74, 6) is 2.29. The highest BCUT2D eigenvalue weighted by Gasteiger charge is 2.23. The van der Waals surface area contributed by atoms with Crippen LogP contribution in [0.25, 0.3) is 11.0 Å². The molecule has 5 nitrogen and oxygen atoms in total. The van der Waals surface area contributed by atoms with Crippen LogP contribution in [0.15, 0.2) is 12.1 Å². The molecule has 2 rings (SSSR count). The lowest BCUT2D eigenvalue weighted by Crippen LogP contribution is -2.37. The molecule has 0 radical (unpaired) electrons. The predicted octanol–water partition coefficient (Wildman–Crippen LogP) is 2.42. The van der Waals surface area contributed by atoms with Gasteiger partial charge in [0.15, 0.2) is 11.5 Å². The molecular formula is C14H21N3O2. The van der Waals surface area contributed by atoms with Gasteiger partial charge in [0, 0.05) is 12.1 Å². The van der Waals surface area contributed by atoms with Crippen molar-refractivity contribution in [1.29, 1.82) is 0 Å². The highest BCUT2D eigenvalue weighted by atomic mass is 16.5. The molecule has 1 aromatic carbocycles. The lowest BCUT2D eigenvalue weighted by Gasteiger charge is -2.22. The number of hydrogen-bond donors (Lipinski definition) is 2. The van der Waals surface area contributed by atoms with E-state index in [1.807, 2.05) is 12.1 Å². The Labute approximate surface area is 113 Å². The van der Waals surface area contributed by atoms with Crippen LogP contribution in [0, 0.1) is 0 Å². The van der Waals surface area contributed by atoms with Gasteiger partial charge in [-0.3, -0.25) is 0 Å². The van der Waals surface area contributed by atoms with Crippen molar-refractivity contribution in [3.8, 4) is 11.5 Å². The Morgan fingerprint density at radius 1 is 1.21 bits per heavy atom. The molecule has 0 aliphatic rings. The Morgan fingerprint density at radius 2 is 1.84 bits per heavy atom. The summed E-state index contributed by atoms with van der Waals surface area (Å²) in [5, 5.41) is 3.40. The van der Waals surface area contributed by atoms with Crippen molar-refractivity contribution in [2.75, 3.05) is 20.8 Å². The van der Waals surface area contributed by atoms with Crippen LogP contribution in [0.4, 0.5) is 0 Å². The van der Waals surface area contributed by atoms with Gasteiger partial charge in [-0.15, -0.1) is 0 Å². The maximum absolute atomic E-state index is 5.30. The number of rotatable bonds is 5. The maximum Gasteiger partial charge on any atom is 0.163 e. The van der Waals surface area contributed by atoms with Gasteiger partial charge < -0.3 is 19.8 Å². The van der Waals surface area contributed by atoms with Gasteiger partial charge in [-0.25, -0.2) is 4.98 Å². The van der Waals surface area contributed by atoms with Crippen LogP contribution in [-0.2, 0) is 5.54 Å². The van der Waals surface area contributed by atoms with E-state index >= 15 is 0 Å². The minimum atomic E-state index is -0.200. The Bertz CT molecular complexity index is 534. The van der Waals surface area contributed by atoms with Crippen molar-refractivity contribution in [2.24, 2.45) is 0 Å². The molecule has 0 bridgehead atoms. The quantitative estimate of drug-likeness (QED) is 0.869. The highest BCUT2D eigenvalue weighted by molar-refractivity contribution is 5.80. The standard InChI is InChI=1S/C14H21N3O2/c1-6-15-14(2,3)13-16-9-7-11(18-4)12(19-5)8-10(9)17-13/h7-8,15H,6H2,1-5H3,(H,16,17). The molecule has 0 aliphatic carbocycles. The summed E-state index contributed by atoms with van der Waals surface area (Å²) in [6.07, 6.45) is 0. The predicted molar refractivity (Wildman–Crippen MR) is 75.9 cm³/mol. The normalized spacial score (nSPS) is 11.8. The van der Waals surface area contributed by atoms with E-state index < -0.39 is 0 Å². The van der Waals surface area contributed by atoms with Gasteiger partial charge in [-0.2, -0.15) is 0 Å². The molecule has 0 aliphatic heterocycles. The first-order chi connectivity index (χ1) is 9.01. The average Bonchev–Trinajstić information content (AvgIpc) is 2.80. The highest BCUT2D eigenvalue weighted by Crippen LogP contribution is 2.32. The van der Waals surface area contributed by atoms with Crippen LogP contribution in [-0.4, -0.2) is 30.7 Å². The summed E-state index contributed by atoms with van der Waals surface area (Å²) in [6.45, 7) is 7.17. The van der Waals surface area contributed by atoms with Crippen LogP contribution in [0.2, 0.25) is 0 Å². The second-order valence-electron chi connectivity index (χ2n) is 4.97. The van der Waals surface area contributed by atoms with Crippen molar-refractivity contribution in [3.63, 3.8) is 0 Å². The van der Waals surface area contributed by atoms with Gasteiger partial charge in [-0.05, 0) is 20.4 Å². The van der Waals surface area contributed by atoms with E-state index in [4.69, 9.17) is 9.47 Å². The third-order valence-electron chi connectivity index (χ3n) is 3.20. The molecule has 104 valence electrons. The van der Waals surface area contributed by atoms with Crippen LogP contribution >= 0.6 is 0 Å². The average molecular weight is 263 g/mol. The number of H-pyrrole nitrogens is 1. The van der Waals surface area contributed by atoms with Gasteiger partial charge >= 0.3 is 0 Å². The summed E-state index contributed by atoms with van der Waals surface area (Å²) in [5.41, 5.74) is 1.62. The molecule has 1 heterocycles. The van der Waals surface area contributed by atoms with Gasteiger partial charge in [0.1, 0.15) is 5.82 Å². The molecule has 19 heavy (non-hydrogen) atoms. The van der Waals surface area contributed by atoms with Crippen LogP contribution in [0.3, 0.4) is 0 Å². The summed E-state index contributed by atoms with van der Waals surface area (Å²) < 4.78 is 10.6. The zero-order valence-corrected chi connectivity index (χ0v) is 12.1. The van der Waals surface area contributed by atoms with Crippen molar-refractivity contribution in [3.05, 3.63) is 18.0 Å². The topological polar surface area (TPSA) is 59.2 Å². The SMILES string of the molecule is CCNC(C)(C)c1nc2cc(OC)c(OC)cc2[nH]1. The zero-order valence-electron chi connectivity index (χ0n) is 12.1. The van der Waals surface area contributed by atoms with E-state index in [0.29, 0.717) is 11.5 Å². The van der Waals surface area contributed by atoms with Crippen LogP contribution in [0.5, 0.6) is 11.5 Å². The molecule has 0 atom stereocenters. The second-order valence-corrected chi connectivity index (χ2v) is 4.97. The molecule has 0 saturated carbocycles. The Morgan fingerprint density at radius 3 is 2.42 bits per heavy atom. The number of ether oxygens (including phenoxy) is 2. The van der Waals surface area contributed by atoms with E-state index in [1.54, 1.807) is 14.2 Å². The molecule has 2 aromatic rings. The third-order valence-corrected chi connectivity index (χ3v) is 3.20. The lowest BCUT2D eigenvalue weighted by molar-refractivity contribution is 0.356. The first-order valence-corrected chi connectivity index (χ1v) is 6.39. The third kappa shape index (κ3) is 2.51. The van der Waals surface area contributed by atoms with E-state index in [1.165, 1.54) is 0 Å². The summed E-state index contributed by atoms with van der Waals surface area (Å²) in [4.78, 5) is 7.97. The van der Waals surface area contributed by atoms with E-state index in [-0.39, 0.29) is 5.54 Å². The minimum absolute atomic E-state index is 0.200. The number of aromatic amines is 1. The minimum Gasteiger partial charge on any atom is -0.493 e. The van der Waals surface area contributed by atoms with E-state index in [9.17, 15) is 0 Å². The van der Waals surface area contributed by atoms with E-state index in [0.717, 1.165) is 23.4 Å². The molecule has 0 unspecified atom stereocenters. The Balaban J connectivity index is 2.51. The first kappa shape index (κ1) is 13.7. The fraction of sp³-hybridized carbons (Fsp3) is 0.500. The Hall–Kier alpha value is -1.75. The maximum atomic E-state index is 5.30. The number of methoxy groups -OCH3 is 2. The smallest absolute Gasteiger partial charge is 0.163 e.